The van der Waals surface area contributed by atoms with E-state index in [1.54, 1.807) is 12.1 Å². The Balaban J connectivity index is 1.52. The number of nitro groups is 1. The molecule has 3 aromatic carbocycles. The summed E-state index contributed by atoms with van der Waals surface area (Å²) < 4.78 is 0. The van der Waals surface area contributed by atoms with Crippen LogP contribution in [0.1, 0.15) is 34.0 Å². The van der Waals surface area contributed by atoms with Crippen LogP contribution in [-0.4, -0.2) is 37.0 Å². The van der Waals surface area contributed by atoms with E-state index in [1.807, 2.05) is 36.1 Å². The number of carbonyl (C=O) groups excluding carboxylic acids is 1. The molecule has 1 amide bonds. The monoisotopic (exact) mass is 458 g/mol. The topological polar surface area (TPSA) is 78.7 Å². The predicted molar refractivity (Wildman–Crippen MR) is 137 cm³/mol. The first-order chi connectivity index (χ1) is 16.4. The first-order valence-electron chi connectivity index (χ1n) is 11.6. The molecule has 34 heavy (non-hydrogen) atoms. The number of aryl methyl sites for hydroxylation is 3. The van der Waals surface area contributed by atoms with Gasteiger partial charge < -0.3 is 15.1 Å². The highest BCUT2D eigenvalue weighted by atomic mass is 16.6. The molecular formula is C27H30N4O3. The van der Waals surface area contributed by atoms with Gasteiger partial charge in [0, 0.05) is 49.2 Å². The van der Waals surface area contributed by atoms with E-state index in [0.29, 0.717) is 18.8 Å². The fraction of sp³-hybridized carbons (Fsp3) is 0.296. The van der Waals surface area contributed by atoms with Crippen molar-refractivity contribution in [3.05, 3.63) is 93.0 Å². The fourth-order valence-electron chi connectivity index (χ4n) is 4.47. The van der Waals surface area contributed by atoms with E-state index in [2.05, 4.69) is 42.3 Å². The number of anilines is 3. The van der Waals surface area contributed by atoms with Crippen LogP contribution < -0.4 is 15.1 Å². The minimum atomic E-state index is -0.400. The second kappa shape index (κ2) is 9.95. The van der Waals surface area contributed by atoms with Crippen LogP contribution in [0.15, 0.2) is 60.7 Å². The van der Waals surface area contributed by atoms with E-state index in [-0.39, 0.29) is 17.2 Å². The molecule has 0 unspecified atom stereocenters. The summed E-state index contributed by atoms with van der Waals surface area (Å²) in [4.78, 5) is 28.7. The maximum absolute atomic E-state index is 12.8. The van der Waals surface area contributed by atoms with E-state index < -0.39 is 4.92 Å². The Hall–Kier alpha value is -3.87. The predicted octanol–water partition coefficient (Wildman–Crippen LogP) is 5.35. The Labute approximate surface area is 200 Å². The summed E-state index contributed by atoms with van der Waals surface area (Å²) in [7, 11) is 0. The van der Waals surface area contributed by atoms with Crippen molar-refractivity contribution < 1.29 is 9.72 Å². The quantitative estimate of drug-likeness (QED) is 0.398. The lowest BCUT2D eigenvalue weighted by molar-refractivity contribution is -0.384. The summed E-state index contributed by atoms with van der Waals surface area (Å²) in [5.41, 5.74) is 6.18. The van der Waals surface area contributed by atoms with Crippen molar-refractivity contribution in [2.45, 2.75) is 27.2 Å². The number of hydrogen-bond donors (Lipinski definition) is 1. The molecule has 7 nitrogen and oxygen atoms in total. The van der Waals surface area contributed by atoms with E-state index in [1.165, 1.54) is 22.9 Å². The molecule has 7 heteroatoms. The molecule has 0 bridgehead atoms. The summed E-state index contributed by atoms with van der Waals surface area (Å²) in [5.74, 6) is -0.352. The summed E-state index contributed by atoms with van der Waals surface area (Å²) in [6, 6.07) is 18.8. The van der Waals surface area contributed by atoms with Crippen molar-refractivity contribution in [3.63, 3.8) is 0 Å². The molecule has 1 N–H and O–H groups in total. The average Bonchev–Trinajstić information content (AvgIpc) is 2.85. The zero-order valence-corrected chi connectivity index (χ0v) is 19.9. The number of carbonyl (C=O) groups is 1. The lowest BCUT2D eigenvalue weighted by atomic mass is 10.1. The van der Waals surface area contributed by atoms with Crippen molar-refractivity contribution in [2.24, 2.45) is 0 Å². The molecule has 1 aliphatic rings. The van der Waals surface area contributed by atoms with Gasteiger partial charge in [0.05, 0.1) is 4.92 Å². The second-order valence-electron chi connectivity index (χ2n) is 8.69. The zero-order valence-electron chi connectivity index (χ0n) is 19.9. The minimum absolute atomic E-state index is 0.0448. The highest BCUT2D eigenvalue weighted by Gasteiger charge is 2.26. The number of para-hydroxylation sites is 1. The number of nitro benzene ring substituents is 1. The van der Waals surface area contributed by atoms with Gasteiger partial charge >= 0.3 is 0 Å². The third-order valence-corrected chi connectivity index (χ3v) is 6.41. The first-order valence-corrected chi connectivity index (χ1v) is 11.6. The number of nitrogens with zero attached hydrogens (tertiary/aromatic N) is 3. The largest absolute Gasteiger partial charge is 0.368 e. The molecule has 0 saturated carbocycles. The number of piperazine rings is 1. The van der Waals surface area contributed by atoms with Gasteiger partial charge in [-0.2, -0.15) is 0 Å². The van der Waals surface area contributed by atoms with Crippen molar-refractivity contribution in [1.82, 2.24) is 0 Å². The molecule has 0 aliphatic carbocycles. The van der Waals surface area contributed by atoms with Gasteiger partial charge in [0.1, 0.15) is 5.69 Å². The van der Waals surface area contributed by atoms with Crippen LogP contribution in [0.5, 0.6) is 0 Å². The molecule has 3 aromatic rings. The van der Waals surface area contributed by atoms with Crippen molar-refractivity contribution >= 4 is 28.7 Å². The van der Waals surface area contributed by atoms with Crippen LogP contribution in [0.3, 0.4) is 0 Å². The Kier molecular flexibility index (Phi) is 6.82. The highest BCUT2D eigenvalue weighted by Crippen LogP contribution is 2.32. The molecular weight excluding hydrogens is 428 g/mol. The average molecular weight is 459 g/mol. The number of amides is 1. The Morgan fingerprint density at radius 2 is 1.62 bits per heavy atom. The third kappa shape index (κ3) is 4.88. The molecule has 1 saturated heterocycles. The lowest BCUT2D eigenvalue weighted by Gasteiger charge is -2.37. The van der Waals surface area contributed by atoms with Crippen molar-refractivity contribution in [3.8, 4) is 0 Å². The van der Waals surface area contributed by atoms with Crippen LogP contribution in [0, 0.1) is 24.0 Å². The second-order valence-corrected chi connectivity index (χ2v) is 8.69. The summed E-state index contributed by atoms with van der Waals surface area (Å²) in [6.07, 6.45) is 0.781. The SMILES string of the molecule is CCc1ccccc1NC(=O)c1ccc(N2CCN(c3cc(C)ccc3C)CC2)c([N+](=O)[O-])c1. The van der Waals surface area contributed by atoms with Crippen LogP contribution in [0.2, 0.25) is 0 Å². The first kappa shape index (κ1) is 23.3. The van der Waals surface area contributed by atoms with Gasteiger partial charge in [0.15, 0.2) is 0 Å². The number of hydrogen-bond acceptors (Lipinski definition) is 5. The molecule has 176 valence electrons. The highest BCUT2D eigenvalue weighted by molar-refractivity contribution is 6.05. The molecule has 1 heterocycles. The Morgan fingerprint density at radius 3 is 2.29 bits per heavy atom. The van der Waals surface area contributed by atoms with Gasteiger partial charge in [-0.25, -0.2) is 0 Å². The summed E-state index contributed by atoms with van der Waals surface area (Å²) >= 11 is 0. The van der Waals surface area contributed by atoms with E-state index in [9.17, 15) is 14.9 Å². The van der Waals surface area contributed by atoms with E-state index in [0.717, 1.165) is 30.8 Å². The van der Waals surface area contributed by atoms with Crippen LogP contribution in [0.4, 0.5) is 22.7 Å². The molecule has 1 aliphatic heterocycles. The lowest BCUT2D eigenvalue weighted by Crippen LogP contribution is -2.47. The molecule has 1 fully saturated rings. The Morgan fingerprint density at radius 1 is 0.941 bits per heavy atom. The van der Waals surface area contributed by atoms with Crippen molar-refractivity contribution in [2.75, 3.05) is 41.3 Å². The van der Waals surface area contributed by atoms with E-state index in [4.69, 9.17) is 0 Å². The van der Waals surface area contributed by atoms with Gasteiger partial charge in [-0.1, -0.05) is 37.3 Å². The summed E-state index contributed by atoms with van der Waals surface area (Å²) in [5, 5.41) is 14.8. The molecule has 0 atom stereocenters. The molecule has 0 radical (unpaired) electrons. The standard InChI is InChI=1S/C27H30N4O3/c1-4-21-7-5-6-8-23(21)28-27(32)22-11-12-24(26(18-22)31(33)34)29-13-15-30(16-14-29)25-17-19(2)9-10-20(25)3/h5-12,17-18H,4,13-16H2,1-3H3,(H,28,32). The van der Waals surface area contributed by atoms with Crippen LogP contribution >= 0.6 is 0 Å². The van der Waals surface area contributed by atoms with Gasteiger partial charge in [-0.05, 0) is 61.2 Å². The maximum Gasteiger partial charge on any atom is 0.293 e. The summed E-state index contributed by atoms with van der Waals surface area (Å²) in [6.45, 7) is 9.10. The van der Waals surface area contributed by atoms with Gasteiger partial charge in [-0.15, -0.1) is 0 Å². The van der Waals surface area contributed by atoms with Crippen LogP contribution in [0.25, 0.3) is 0 Å². The van der Waals surface area contributed by atoms with Crippen LogP contribution in [-0.2, 0) is 6.42 Å². The number of benzene rings is 3. The maximum atomic E-state index is 12.8. The van der Waals surface area contributed by atoms with Gasteiger partial charge in [-0.3, -0.25) is 14.9 Å². The smallest absolute Gasteiger partial charge is 0.293 e. The minimum Gasteiger partial charge on any atom is -0.368 e. The number of nitrogens with one attached hydrogen (secondary N) is 1. The van der Waals surface area contributed by atoms with Crippen molar-refractivity contribution in [1.29, 1.82) is 0 Å². The Bertz CT molecular complexity index is 1220. The molecule has 4 rings (SSSR count). The zero-order chi connectivity index (χ0) is 24.2. The third-order valence-electron chi connectivity index (χ3n) is 6.41. The van der Waals surface area contributed by atoms with Gasteiger partial charge in [0.2, 0.25) is 0 Å². The molecule has 0 aromatic heterocycles. The van der Waals surface area contributed by atoms with Gasteiger partial charge in [0.25, 0.3) is 11.6 Å². The molecule has 0 spiro atoms. The fourth-order valence-corrected chi connectivity index (χ4v) is 4.47. The normalized spacial score (nSPS) is 13.6. The van der Waals surface area contributed by atoms with E-state index >= 15 is 0 Å². The number of rotatable bonds is 6.